The molecule has 1 aromatic heterocycles. The molecule has 0 atom stereocenters. The molecule has 2 aromatic rings. The Balaban J connectivity index is 2.57. The molecule has 3 nitrogen and oxygen atoms in total. The van der Waals surface area contributed by atoms with Crippen molar-refractivity contribution in [2.45, 2.75) is 27.2 Å². The van der Waals surface area contributed by atoms with Crippen molar-refractivity contribution in [3.63, 3.8) is 0 Å². The lowest BCUT2D eigenvalue weighted by Gasteiger charge is -2.12. The molecule has 0 spiro atoms. The Morgan fingerprint density at radius 3 is 2.58 bits per heavy atom. The quantitative estimate of drug-likeness (QED) is 0.911. The maximum Gasteiger partial charge on any atom is 0.133 e. The molecule has 0 saturated heterocycles. The Morgan fingerprint density at radius 2 is 1.95 bits per heavy atom. The van der Waals surface area contributed by atoms with Crippen LogP contribution in [0.3, 0.4) is 0 Å². The van der Waals surface area contributed by atoms with Gasteiger partial charge in [0.1, 0.15) is 18.0 Å². The molecule has 1 N–H and O–H groups in total. The predicted molar refractivity (Wildman–Crippen MR) is 75.7 cm³/mol. The molecule has 4 heteroatoms. The summed E-state index contributed by atoms with van der Waals surface area (Å²) >= 11 is 0. The van der Waals surface area contributed by atoms with E-state index in [0.717, 1.165) is 41.2 Å². The van der Waals surface area contributed by atoms with Crippen LogP contribution in [0.1, 0.15) is 25.0 Å². The summed E-state index contributed by atoms with van der Waals surface area (Å²) in [5, 5.41) is 3.22. The second-order valence-electron chi connectivity index (χ2n) is 4.45. The van der Waals surface area contributed by atoms with Crippen LogP contribution in [0.2, 0.25) is 0 Å². The Hall–Kier alpha value is -1.97. The molecule has 1 aromatic carbocycles. The van der Waals surface area contributed by atoms with Crippen LogP contribution in [-0.4, -0.2) is 16.5 Å². The van der Waals surface area contributed by atoms with Crippen molar-refractivity contribution in [3.8, 4) is 11.3 Å². The molecule has 100 valence electrons. The largest absolute Gasteiger partial charge is 0.370 e. The third kappa shape index (κ3) is 2.89. The molecule has 0 bridgehead atoms. The highest BCUT2D eigenvalue weighted by molar-refractivity contribution is 5.68. The van der Waals surface area contributed by atoms with Gasteiger partial charge in [0.05, 0.1) is 5.69 Å². The van der Waals surface area contributed by atoms with Gasteiger partial charge in [-0.2, -0.15) is 0 Å². The number of hydrogen-bond donors (Lipinski definition) is 1. The monoisotopic (exact) mass is 259 g/mol. The number of nitrogens with one attached hydrogen (secondary N) is 1. The normalized spacial score (nSPS) is 10.5. The van der Waals surface area contributed by atoms with E-state index >= 15 is 0 Å². The summed E-state index contributed by atoms with van der Waals surface area (Å²) in [6.45, 7) is 6.75. The highest BCUT2D eigenvalue weighted by atomic mass is 19.1. The average molecular weight is 259 g/mol. The fourth-order valence-electron chi connectivity index (χ4n) is 2.19. The standard InChI is InChI=1S/C15H18FN3/c1-4-13-14(18-9-19-15(13)17-5-2)11-6-10(3)7-12(16)8-11/h6-9H,4-5H2,1-3H3,(H,17,18,19). The van der Waals surface area contributed by atoms with Crippen molar-refractivity contribution < 1.29 is 4.39 Å². The number of benzene rings is 1. The van der Waals surface area contributed by atoms with E-state index in [1.807, 2.05) is 19.9 Å². The number of halogens is 1. The molecule has 19 heavy (non-hydrogen) atoms. The number of aryl methyl sites for hydroxylation is 1. The van der Waals surface area contributed by atoms with Crippen LogP contribution in [0.25, 0.3) is 11.3 Å². The Labute approximate surface area is 112 Å². The van der Waals surface area contributed by atoms with E-state index in [0.29, 0.717) is 0 Å². The van der Waals surface area contributed by atoms with Crippen LogP contribution >= 0.6 is 0 Å². The molecule has 0 aliphatic heterocycles. The second-order valence-corrected chi connectivity index (χ2v) is 4.45. The summed E-state index contributed by atoms with van der Waals surface area (Å²) in [6, 6.07) is 4.98. The fourth-order valence-corrected chi connectivity index (χ4v) is 2.19. The molecule has 0 fully saturated rings. The van der Waals surface area contributed by atoms with Crippen molar-refractivity contribution >= 4 is 5.82 Å². The van der Waals surface area contributed by atoms with Crippen molar-refractivity contribution in [1.29, 1.82) is 0 Å². The summed E-state index contributed by atoms with van der Waals surface area (Å²) in [6.07, 6.45) is 2.32. The molecule has 0 unspecified atom stereocenters. The van der Waals surface area contributed by atoms with E-state index in [2.05, 4.69) is 22.2 Å². The molecular weight excluding hydrogens is 241 g/mol. The van der Waals surface area contributed by atoms with Crippen molar-refractivity contribution in [1.82, 2.24) is 9.97 Å². The molecule has 0 radical (unpaired) electrons. The first-order valence-corrected chi connectivity index (χ1v) is 6.51. The van der Waals surface area contributed by atoms with Crippen LogP contribution in [0.5, 0.6) is 0 Å². The first kappa shape index (κ1) is 13.5. The molecule has 0 aliphatic rings. The number of nitrogens with zero attached hydrogens (tertiary/aromatic N) is 2. The van der Waals surface area contributed by atoms with Crippen LogP contribution in [0.15, 0.2) is 24.5 Å². The summed E-state index contributed by atoms with van der Waals surface area (Å²) in [4.78, 5) is 8.58. The van der Waals surface area contributed by atoms with Crippen LogP contribution in [0.4, 0.5) is 10.2 Å². The van der Waals surface area contributed by atoms with E-state index < -0.39 is 0 Å². The predicted octanol–water partition coefficient (Wildman–Crippen LogP) is 3.59. The van der Waals surface area contributed by atoms with Gasteiger partial charge in [-0.15, -0.1) is 0 Å². The zero-order valence-electron chi connectivity index (χ0n) is 11.5. The summed E-state index contributed by atoms with van der Waals surface area (Å²) in [5.41, 5.74) is 3.52. The first-order chi connectivity index (χ1) is 9.15. The van der Waals surface area contributed by atoms with Gasteiger partial charge < -0.3 is 5.32 Å². The van der Waals surface area contributed by atoms with Gasteiger partial charge in [0.2, 0.25) is 0 Å². The van der Waals surface area contributed by atoms with Crippen LogP contribution in [0, 0.1) is 12.7 Å². The topological polar surface area (TPSA) is 37.8 Å². The molecular formula is C15H18FN3. The van der Waals surface area contributed by atoms with E-state index in [9.17, 15) is 4.39 Å². The number of rotatable bonds is 4. The number of hydrogen-bond acceptors (Lipinski definition) is 3. The molecule has 2 rings (SSSR count). The van der Waals surface area contributed by atoms with Crippen molar-refractivity contribution in [3.05, 3.63) is 41.5 Å². The van der Waals surface area contributed by atoms with Gasteiger partial charge in [-0.1, -0.05) is 6.92 Å². The van der Waals surface area contributed by atoms with Crippen LogP contribution < -0.4 is 5.32 Å². The first-order valence-electron chi connectivity index (χ1n) is 6.51. The van der Waals surface area contributed by atoms with Crippen LogP contribution in [-0.2, 0) is 6.42 Å². The van der Waals surface area contributed by atoms with Gasteiger partial charge in [-0.3, -0.25) is 0 Å². The SMILES string of the molecule is CCNc1ncnc(-c2cc(C)cc(F)c2)c1CC. The highest BCUT2D eigenvalue weighted by Crippen LogP contribution is 2.27. The third-order valence-electron chi connectivity index (χ3n) is 2.96. The lowest BCUT2D eigenvalue weighted by Crippen LogP contribution is -2.06. The lowest BCUT2D eigenvalue weighted by atomic mass is 10.0. The maximum absolute atomic E-state index is 13.5. The van der Waals surface area contributed by atoms with Gasteiger partial charge in [0.15, 0.2) is 0 Å². The van der Waals surface area contributed by atoms with E-state index in [-0.39, 0.29) is 5.82 Å². The molecule has 0 aliphatic carbocycles. The summed E-state index contributed by atoms with van der Waals surface area (Å²) in [5.74, 6) is 0.595. The average Bonchev–Trinajstić information content (AvgIpc) is 2.37. The Bertz CT molecular complexity index is 561. The molecule has 0 amide bonds. The van der Waals surface area contributed by atoms with Gasteiger partial charge in [0.25, 0.3) is 0 Å². The lowest BCUT2D eigenvalue weighted by molar-refractivity contribution is 0.627. The number of aromatic nitrogens is 2. The van der Waals surface area contributed by atoms with Crippen molar-refractivity contribution in [2.24, 2.45) is 0 Å². The minimum atomic E-state index is -0.235. The highest BCUT2D eigenvalue weighted by Gasteiger charge is 2.12. The minimum Gasteiger partial charge on any atom is -0.370 e. The van der Waals surface area contributed by atoms with E-state index in [4.69, 9.17) is 0 Å². The fraction of sp³-hybridized carbons (Fsp3) is 0.333. The molecule has 0 saturated carbocycles. The third-order valence-corrected chi connectivity index (χ3v) is 2.96. The minimum absolute atomic E-state index is 0.235. The summed E-state index contributed by atoms with van der Waals surface area (Å²) in [7, 11) is 0. The smallest absolute Gasteiger partial charge is 0.133 e. The van der Waals surface area contributed by atoms with Gasteiger partial charge in [-0.05, 0) is 44.0 Å². The van der Waals surface area contributed by atoms with Gasteiger partial charge in [0, 0.05) is 17.7 Å². The molecule has 1 heterocycles. The summed E-state index contributed by atoms with van der Waals surface area (Å²) < 4.78 is 13.5. The second kappa shape index (κ2) is 5.78. The Morgan fingerprint density at radius 1 is 1.16 bits per heavy atom. The van der Waals surface area contributed by atoms with E-state index in [1.165, 1.54) is 18.5 Å². The van der Waals surface area contributed by atoms with Crippen molar-refractivity contribution in [2.75, 3.05) is 11.9 Å². The number of anilines is 1. The van der Waals surface area contributed by atoms with Gasteiger partial charge in [-0.25, -0.2) is 14.4 Å². The van der Waals surface area contributed by atoms with Gasteiger partial charge >= 0.3 is 0 Å². The van der Waals surface area contributed by atoms with E-state index in [1.54, 1.807) is 0 Å². The Kier molecular flexibility index (Phi) is 4.10. The maximum atomic E-state index is 13.5. The zero-order chi connectivity index (χ0) is 13.8. The zero-order valence-corrected chi connectivity index (χ0v) is 11.5.